The minimum Gasteiger partial charge on any atom is -0.466 e. The van der Waals surface area contributed by atoms with Gasteiger partial charge in [0.2, 0.25) is 5.89 Å². The van der Waals surface area contributed by atoms with Crippen LogP contribution in [0.25, 0.3) is 10.9 Å². The van der Waals surface area contributed by atoms with Gasteiger partial charge in [0.25, 0.3) is 0 Å². The number of benzene rings is 1. The molecule has 2 aromatic rings. The maximum atomic E-state index is 12.9. The molecule has 0 saturated heterocycles. The van der Waals surface area contributed by atoms with Crippen LogP contribution in [0, 0.1) is 5.82 Å². The molecule has 0 spiro atoms. The van der Waals surface area contributed by atoms with Crippen molar-refractivity contribution in [2.75, 3.05) is 6.61 Å². The van der Waals surface area contributed by atoms with Crippen LogP contribution >= 0.6 is 0 Å². The fourth-order valence-corrected chi connectivity index (χ4v) is 1.50. The van der Waals surface area contributed by atoms with E-state index < -0.39 is 17.4 Å². The molecule has 6 heteroatoms. The van der Waals surface area contributed by atoms with Crippen molar-refractivity contribution < 1.29 is 18.3 Å². The Hall–Kier alpha value is -2.24. The fourth-order valence-electron chi connectivity index (χ4n) is 1.50. The van der Waals surface area contributed by atoms with Gasteiger partial charge in [0.15, 0.2) is 0 Å². The maximum absolute atomic E-state index is 12.9. The molecule has 2 rings (SSSR count). The molecule has 1 heterocycles. The minimum absolute atomic E-state index is 0.0439. The van der Waals surface area contributed by atoms with E-state index in [2.05, 4.69) is 4.98 Å². The highest BCUT2D eigenvalue weighted by Crippen LogP contribution is 2.10. The van der Waals surface area contributed by atoms with Gasteiger partial charge in [-0.2, -0.15) is 0 Å². The average molecular weight is 251 g/mol. The SMILES string of the molecule is CCOC(=O)Cc1nc2ccc(F)cc2c(=O)o1. The van der Waals surface area contributed by atoms with Crippen LogP contribution < -0.4 is 5.63 Å². The molecular formula is C12H10FNO4. The number of carbonyl (C=O) groups excluding carboxylic acids is 1. The third-order valence-electron chi connectivity index (χ3n) is 2.24. The second-order valence-electron chi connectivity index (χ2n) is 3.54. The van der Waals surface area contributed by atoms with Gasteiger partial charge in [-0.3, -0.25) is 4.79 Å². The minimum atomic E-state index is -0.723. The van der Waals surface area contributed by atoms with Crippen LogP contribution in [-0.2, 0) is 16.0 Å². The van der Waals surface area contributed by atoms with Crippen LogP contribution in [0.15, 0.2) is 27.4 Å². The van der Waals surface area contributed by atoms with Crippen LogP contribution in [-0.4, -0.2) is 17.6 Å². The molecule has 0 amide bonds. The summed E-state index contributed by atoms with van der Waals surface area (Å²) in [5.41, 5.74) is -0.439. The molecule has 0 unspecified atom stereocenters. The molecule has 0 aliphatic heterocycles. The first-order valence-corrected chi connectivity index (χ1v) is 5.35. The number of fused-ring (bicyclic) bond motifs is 1. The van der Waals surface area contributed by atoms with Crippen molar-refractivity contribution in [2.45, 2.75) is 13.3 Å². The molecule has 1 aromatic carbocycles. The predicted molar refractivity (Wildman–Crippen MR) is 60.6 cm³/mol. The molecule has 0 aliphatic carbocycles. The molecule has 0 saturated carbocycles. The topological polar surface area (TPSA) is 69.4 Å². The monoisotopic (exact) mass is 251 g/mol. The second-order valence-corrected chi connectivity index (χ2v) is 3.54. The average Bonchev–Trinajstić information content (AvgIpc) is 2.30. The molecule has 0 bridgehead atoms. The summed E-state index contributed by atoms with van der Waals surface area (Å²) in [5.74, 6) is -1.12. The molecule has 0 radical (unpaired) electrons. The highest BCUT2D eigenvalue weighted by Gasteiger charge is 2.11. The molecule has 0 aliphatic rings. The Balaban J connectivity index is 2.40. The van der Waals surface area contributed by atoms with Crippen LogP contribution in [0.5, 0.6) is 0 Å². The Labute approximate surface area is 101 Å². The fraction of sp³-hybridized carbons (Fsp3) is 0.250. The van der Waals surface area contributed by atoms with E-state index in [9.17, 15) is 14.0 Å². The van der Waals surface area contributed by atoms with Crippen molar-refractivity contribution in [3.63, 3.8) is 0 Å². The number of rotatable bonds is 3. The van der Waals surface area contributed by atoms with E-state index in [4.69, 9.17) is 9.15 Å². The third-order valence-corrected chi connectivity index (χ3v) is 2.24. The Morgan fingerprint density at radius 1 is 1.50 bits per heavy atom. The molecule has 5 nitrogen and oxygen atoms in total. The summed E-state index contributed by atoms with van der Waals surface area (Å²) >= 11 is 0. The number of carbonyl (C=O) groups is 1. The Kier molecular flexibility index (Phi) is 3.36. The number of hydrogen-bond donors (Lipinski definition) is 0. The summed E-state index contributed by atoms with van der Waals surface area (Å²) < 4.78 is 22.5. The summed E-state index contributed by atoms with van der Waals surface area (Å²) in [6, 6.07) is 3.58. The third kappa shape index (κ3) is 2.53. The lowest BCUT2D eigenvalue weighted by molar-refractivity contribution is -0.142. The Morgan fingerprint density at radius 3 is 3.00 bits per heavy atom. The van der Waals surface area contributed by atoms with Crippen LogP contribution in [0.2, 0.25) is 0 Å². The summed E-state index contributed by atoms with van der Waals surface area (Å²) in [7, 11) is 0. The van der Waals surface area contributed by atoms with Gasteiger partial charge < -0.3 is 9.15 Å². The number of aromatic nitrogens is 1. The molecular weight excluding hydrogens is 241 g/mol. The van der Waals surface area contributed by atoms with Crippen molar-refractivity contribution in [1.82, 2.24) is 4.98 Å². The van der Waals surface area contributed by atoms with Crippen LogP contribution in [0.4, 0.5) is 4.39 Å². The van der Waals surface area contributed by atoms with E-state index >= 15 is 0 Å². The van der Waals surface area contributed by atoms with Crippen molar-refractivity contribution >= 4 is 16.9 Å². The highest BCUT2D eigenvalue weighted by atomic mass is 19.1. The van der Waals surface area contributed by atoms with Gasteiger partial charge >= 0.3 is 11.6 Å². The quantitative estimate of drug-likeness (QED) is 0.772. The zero-order chi connectivity index (χ0) is 13.1. The molecule has 0 fully saturated rings. The van der Waals surface area contributed by atoms with E-state index in [1.807, 2.05) is 0 Å². The lowest BCUT2D eigenvalue weighted by Crippen LogP contribution is -2.12. The molecule has 1 aromatic heterocycles. The Morgan fingerprint density at radius 2 is 2.28 bits per heavy atom. The van der Waals surface area contributed by atoms with E-state index in [1.54, 1.807) is 6.92 Å². The van der Waals surface area contributed by atoms with Crippen molar-refractivity contribution in [2.24, 2.45) is 0 Å². The van der Waals surface area contributed by atoms with Gasteiger partial charge in [-0.05, 0) is 25.1 Å². The number of nitrogens with zero attached hydrogens (tertiary/aromatic N) is 1. The highest BCUT2D eigenvalue weighted by molar-refractivity contribution is 5.77. The lowest BCUT2D eigenvalue weighted by Gasteiger charge is -2.01. The number of halogens is 1. The number of hydrogen-bond acceptors (Lipinski definition) is 5. The molecule has 0 N–H and O–H groups in total. The zero-order valence-electron chi connectivity index (χ0n) is 9.60. The molecule has 18 heavy (non-hydrogen) atoms. The smallest absolute Gasteiger partial charge is 0.346 e. The molecule has 94 valence electrons. The van der Waals surface area contributed by atoms with E-state index in [0.29, 0.717) is 0 Å². The van der Waals surface area contributed by atoms with Crippen molar-refractivity contribution in [3.05, 3.63) is 40.3 Å². The van der Waals surface area contributed by atoms with Gasteiger partial charge in [-0.1, -0.05) is 0 Å². The summed E-state index contributed by atoms with van der Waals surface area (Å²) in [5, 5.41) is 0.0441. The van der Waals surface area contributed by atoms with Gasteiger partial charge in [0, 0.05) is 0 Å². The second kappa shape index (κ2) is 4.95. The van der Waals surface area contributed by atoms with E-state index in [1.165, 1.54) is 12.1 Å². The summed E-state index contributed by atoms with van der Waals surface area (Å²) in [6.07, 6.45) is -0.226. The van der Waals surface area contributed by atoms with E-state index in [0.717, 1.165) is 6.07 Å². The van der Waals surface area contributed by atoms with Gasteiger partial charge in [-0.15, -0.1) is 0 Å². The first kappa shape index (κ1) is 12.2. The normalized spacial score (nSPS) is 10.6. The van der Waals surface area contributed by atoms with Crippen molar-refractivity contribution in [1.29, 1.82) is 0 Å². The number of esters is 1. The van der Waals surface area contributed by atoms with Crippen molar-refractivity contribution in [3.8, 4) is 0 Å². The van der Waals surface area contributed by atoms with Gasteiger partial charge in [0.1, 0.15) is 12.2 Å². The predicted octanol–water partition coefficient (Wildman–Crippen LogP) is 1.43. The summed E-state index contributed by atoms with van der Waals surface area (Å²) in [4.78, 5) is 26.8. The molecule has 0 atom stereocenters. The lowest BCUT2D eigenvalue weighted by atomic mass is 10.2. The summed E-state index contributed by atoms with van der Waals surface area (Å²) in [6.45, 7) is 1.91. The first-order valence-electron chi connectivity index (χ1n) is 5.35. The van der Waals surface area contributed by atoms with E-state index in [-0.39, 0.29) is 29.8 Å². The van der Waals surface area contributed by atoms with Gasteiger partial charge in [-0.25, -0.2) is 14.2 Å². The first-order chi connectivity index (χ1) is 8.60. The maximum Gasteiger partial charge on any atom is 0.346 e. The number of ether oxygens (including phenoxy) is 1. The standard InChI is InChI=1S/C12H10FNO4/c1-2-17-11(15)6-10-14-9-4-3-7(13)5-8(9)12(16)18-10/h3-5H,2,6H2,1H3. The zero-order valence-corrected chi connectivity index (χ0v) is 9.60. The largest absolute Gasteiger partial charge is 0.466 e. The Bertz CT molecular complexity index is 650. The van der Waals surface area contributed by atoms with Crippen LogP contribution in [0.3, 0.4) is 0 Å². The van der Waals surface area contributed by atoms with Gasteiger partial charge in [0.05, 0.1) is 17.5 Å². The van der Waals surface area contributed by atoms with Crippen LogP contribution in [0.1, 0.15) is 12.8 Å².